The van der Waals surface area contributed by atoms with E-state index in [0.29, 0.717) is 82.9 Å². The average Bonchev–Trinajstić information content (AvgIpc) is 2.77. The van der Waals surface area contributed by atoms with E-state index < -0.39 is 4.92 Å². The standard InChI is InChI=1S/C21H30ClN3O7/c1-2-9-29-11-13-31-15-16-32-14-12-30-10-8-24-21(26)4-3-7-23-19-6-5-18(22)17-20(19)25(27)28/h1,5-6,17,23H,3-4,7-16H2,(H,24,26). The summed E-state index contributed by atoms with van der Waals surface area (Å²) in [7, 11) is 0. The summed E-state index contributed by atoms with van der Waals surface area (Å²) in [6.45, 7) is 4.20. The third-order valence-electron chi connectivity index (χ3n) is 3.92. The van der Waals surface area contributed by atoms with E-state index >= 15 is 0 Å². The van der Waals surface area contributed by atoms with Crippen LogP contribution in [0, 0.1) is 22.5 Å². The molecule has 178 valence electrons. The monoisotopic (exact) mass is 471 g/mol. The predicted octanol–water partition coefficient (Wildman–Crippen LogP) is 2.26. The molecule has 1 rings (SSSR count). The molecule has 0 atom stereocenters. The van der Waals surface area contributed by atoms with E-state index in [-0.39, 0.29) is 18.2 Å². The van der Waals surface area contributed by atoms with Crippen molar-refractivity contribution in [1.82, 2.24) is 5.32 Å². The van der Waals surface area contributed by atoms with Gasteiger partial charge in [-0.25, -0.2) is 0 Å². The van der Waals surface area contributed by atoms with E-state index in [4.69, 9.17) is 37.0 Å². The Kier molecular flexibility index (Phi) is 15.7. The van der Waals surface area contributed by atoms with Crippen LogP contribution in [0.4, 0.5) is 11.4 Å². The number of amides is 1. The lowest BCUT2D eigenvalue weighted by molar-refractivity contribution is -0.383. The molecular weight excluding hydrogens is 442 g/mol. The molecule has 0 spiro atoms. The number of halogens is 1. The molecule has 2 N–H and O–H groups in total. The third-order valence-corrected chi connectivity index (χ3v) is 4.16. The maximum atomic E-state index is 11.8. The fraction of sp³-hybridized carbons (Fsp3) is 0.571. The fourth-order valence-corrected chi connectivity index (χ4v) is 2.59. The Morgan fingerprint density at radius 1 is 1.03 bits per heavy atom. The molecule has 0 unspecified atom stereocenters. The second kappa shape index (κ2) is 18.2. The van der Waals surface area contributed by atoms with Gasteiger partial charge in [0.25, 0.3) is 5.69 Å². The Balaban J connectivity index is 1.93. The van der Waals surface area contributed by atoms with Gasteiger partial charge in [-0.05, 0) is 18.6 Å². The fourth-order valence-electron chi connectivity index (χ4n) is 2.42. The van der Waals surface area contributed by atoms with Gasteiger partial charge < -0.3 is 29.6 Å². The van der Waals surface area contributed by atoms with E-state index in [9.17, 15) is 14.9 Å². The zero-order valence-corrected chi connectivity index (χ0v) is 18.7. The van der Waals surface area contributed by atoms with Crippen molar-refractivity contribution in [3.63, 3.8) is 0 Å². The van der Waals surface area contributed by atoms with Crippen LogP contribution in [0.1, 0.15) is 12.8 Å². The quantitative estimate of drug-likeness (QED) is 0.136. The lowest BCUT2D eigenvalue weighted by Gasteiger charge is -2.09. The largest absolute Gasteiger partial charge is 0.379 e. The minimum absolute atomic E-state index is 0.0960. The van der Waals surface area contributed by atoms with Crippen LogP contribution in [0.25, 0.3) is 0 Å². The van der Waals surface area contributed by atoms with E-state index in [2.05, 4.69) is 16.6 Å². The van der Waals surface area contributed by atoms with Crippen molar-refractivity contribution in [2.75, 3.05) is 71.3 Å². The minimum Gasteiger partial charge on any atom is -0.379 e. The summed E-state index contributed by atoms with van der Waals surface area (Å²) in [6.07, 6.45) is 5.87. The van der Waals surface area contributed by atoms with Gasteiger partial charge in [0.1, 0.15) is 12.3 Å². The molecule has 10 nitrogen and oxygen atoms in total. The van der Waals surface area contributed by atoms with Crippen molar-refractivity contribution >= 4 is 28.9 Å². The maximum Gasteiger partial charge on any atom is 0.293 e. The molecule has 0 aliphatic carbocycles. The van der Waals surface area contributed by atoms with Crippen molar-refractivity contribution in [3.05, 3.63) is 33.3 Å². The van der Waals surface area contributed by atoms with Crippen molar-refractivity contribution in [2.24, 2.45) is 0 Å². The highest BCUT2D eigenvalue weighted by molar-refractivity contribution is 6.30. The molecule has 1 amide bonds. The summed E-state index contributed by atoms with van der Waals surface area (Å²) in [5, 5.41) is 17.0. The molecule has 1 aromatic carbocycles. The topological polar surface area (TPSA) is 121 Å². The van der Waals surface area contributed by atoms with Gasteiger partial charge in [-0.15, -0.1) is 6.42 Å². The Bertz CT molecular complexity index is 728. The molecule has 0 saturated heterocycles. The number of hydrogen-bond donors (Lipinski definition) is 2. The molecule has 0 heterocycles. The molecule has 0 aliphatic heterocycles. The van der Waals surface area contributed by atoms with Crippen LogP contribution in [-0.4, -0.2) is 76.8 Å². The number of terminal acetylenes is 1. The Morgan fingerprint density at radius 3 is 2.28 bits per heavy atom. The maximum absolute atomic E-state index is 11.8. The second-order valence-corrected chi connectivity index (χ2v) is 6.83. The van der Waals surface area contributed by atoms with Gasteiger partial charge >= 0.3 is 0 Å². The van der Waals surface area contributed by atoms with Crippen LogP contribution in [0.2, 0.25) is 5.02 Å². The van der Waals surface area contributed by atoms with Gasteiger partial charge in [-0.2, -0.15) is 0 Å². The number of nitrogens with zero attached hydrogens (tertiary/aromatic N) is 1. The molecule has 0 radical (unpaired) electrons. The van der Waals surface area contributed by atoms with Gasteiger partial charge in [0.15, 0.2) is 0 Å². The van der Waals surface area contributed by atoms with Gasteiger partial charge in [-0.1, -0.05) is 17.5 Å². The number of carbonyl (C=O) groups is 1. The van der Waals surface area contributed by atoms with Gasteiger partial charge in [-0.3, -0.25) is 14.9 Å². The molecule has 0 fully saturated rings. The summed E-state index contributed by atoms with van der Waals surface area (Å²) in [6, 6.07) is 4.41. The van der Waals surface area contributed by atoms with Crippen molar-refractivity contribution in [1.29, 1.82) is 0 Å². The Labute approximate surface area is 193 Å². The number of anilines is 1. The first-order valence-electron chi connectivity index (χ1n) is 10.2. The zero-order valence-electron chi connectivity index (χ0n) is 18.0. The number of rotatable bonds is 19. The first kappa shape index (κ1) is 27.6. The normalized spacial score (nSPS) is 10.5. The molecule has 11 heteroatoms. The summed E-state index contributed by atoms with van der Waals surface area (Å²) >= 11 is 5.78. The van der Waals surface area contributed by atoms with E-state index in [0.717, 1.165) is 0 Å². The molecule has 0 aromatic heterocycles. The second-order valence-electron chi connectivity index (χ2n) is 6.39. The zero-order chi connectivity index (χ0) is 23.4. The molecule has 32 heavy (non-hydrogen) atoms. The molecule has 1 aromatic rings. The summed E-state index contributed by atoms with van der Waals surface area (Å²) in [5.74, 6) is 2.26. The van der Waals surface area contributed by atoms with E-state index in [1.165, 1.54) is 6.07 Å². The number of ether oxygens (including phenoxy) is 4. The summed E-state index contributed by atoms with van der Waals surface area (Å²) in [4.78, 5) is 22.4. The molecular formula is C21H30ClN3O7. The van der Waals surface area contributed by atoms with E-state index in [1.54, 1.807) is 12.1 Å². The average molecular weight is 472 g/mol. The smallest absolute Gasteiger partial charge is 0.293 e. The predicted molar refractivity (Wildman–Crippen MR) is 121 cm³/mol. The van der Waals surface area contributed by atoms with Crippen LogP contribution in [-0.2, 0) is 23.7 Å². The van der Waals surface area contributed by atoms with Crippen LogP contribution in [0.15, 0.2) is 18.2 Å². The molecule has 0 saturated carbocycles. The van der Waals surface area contributed by atoms with Gasteiger partial charge in [0, 0.05) is 30.6 Å². The Hall–Kier alpha value is -2.42. The van der Waals surface area contributed by atoms with Crippen LogP contribution >= 0.6 is 11.6 Å². The van der Waals surface area contributed by atoms with Crippen molar-refractivity contribution < 1.29 is 28.7 Å². The Morgan fingerprint density at radius 2 is 1.66 bits per heavy atom. The van der Waals surface area contributed by atoms with E-state index in [1.807, 2.05) is 0 Å². The summed E-state index contributed by atoms with van der Waals surface area (Å²) in [5.41, 5.74) is 0.275. The first-order chi connectivity index (χ1) is 15.5. The molecule has 0 bridgehead atoms. The number of nitro benzene ring substituents is 1. The number of nitrogens with one attached hydrogen (secondary N) is 2. The first-order valence-corrected chi connectivity index (χ1v) is 10.6. The molecule has 0 aliphatic rings. The van der Waals surface area contributed by atoms with Gasteiger partial charge in [0.2, 0.25) is 5.91 Å². The van der Waals surface area contributed by atoms with Crippen LogP contribution < -0.4 is 10.6 Å². The van der Waals surface area contributed by atoms with Crippen molar-refractivity contribution in [3.8, 4) is 12.3 Å². The minimum atomic E-state index is -0.501. The number of hydrogen-bond acceptors (Lipinski definition) is 8. The number of carbonyl (C=O) groups excluding carboxylic acids is 1. The number of nitro groups is 1. The lowest BCUT2D eigenvalue weighted by atomic mass is 10.2. The van der Waals surface area contributed by atoms with Crippen LogP contribution in [0.5, 0.6) is 0 Å². The third kappa shape index (κ3) is 13.8. The van der Waals surface area contributed by atoms with Crippen LogP contribution in [0.3, 0.4) is 0 Å². The van der Waals surface area contributed by atoms with Gasteiger partial charge in [0.05, 0.1) is 51.2 Å². The summed E-state index contributed by atoms with van der Waals surface area (Å²) < 4.78 is 21.1. The highest BCUT2D eigenvalue weighted by Gasteiger charge is 2.13. The lowest BCUT2D eigenvalue weighted by Crippen LogP contribution is -2.27. The highest BCUT2D eigenvalue weighted by Crippen LogP contribution is 2.27. The SMILES string of the molecule is C#CCOCCOCCOCCOCCNC(=O)CCCNc1ccc(Cl)cc1[N+](=O)[O-]. The van der Waals surface area contributed by atoms with Crippen molar-refractivity contribution in [2.45, 2.75) is 12.8 Å². The highest BCUT2D eigenvalue weighted by atomic mass is 35.5. The number of benzene rings is 1.